The van der Waals surface area contributed by atoms with Gasteiger partial charge in [0.15, 0.2) is 5.82 Å². The molecule has 3 N–H and O–H groups in total. The number of rotatable bonds is 6. The number of hydrogen-bond donors (Lipinski definition) is 3. The molecule has 15 heteroatoms. The lowest BCUT2D eigenvalue weighted by molar-refractivity contribution is -0.143. The largest absolute Gasteiger partial charge is 0.468 e. The first-order chi connectivity index (χ1) is 17.8. The van der Waals surface area contributed by atoms with E-state index in [9.17, 15) is 40.3 Å². The zero-order chi connectivity index (χ0) is 27.8. The lowest BCUT2D eigenvalue weighted by atomic mass is 10.0. The van der Waals surface area contributed by atoms with Crippen molar-refractivity contribution in [1.29, 1.82) is 0 Å². The molecule has 0 saturated heterocycles. The van der Waals surface area contributed by atoms with Crippen molar-refractivity contribution >= 4 is 29.0 Å². The SMILES string of the molecule is COC(=O)CNc1c(-c2ccc(C(F)(F)F)cc2C(F)(F)F)[nH]c2c(C(=O)Nc3ccc(F)cc3)cnn12. The van der Waals surface area contributed by atoms with Crippen LogP contribution in [0.1, 0.15) is 21.5 Å². The molecule has 2 aromatic heterocycles. The van der Waals surface area contributed by atoms with Gasteiger partial charge in [-0.2, -0.15) is 36.0 Å². The van der Waals surface area contributed by atoms with Gasteiger partial charge in [0, 0.05) is 11.3 Å². The van der Waals surface area contributed by atoms with Crippen LogP contribution in [0.5, 0.6) is 0 Å². The van der Waals surface area contributed by atoms with Crippen LogP contribution in [0, 0.1) is 5.82 Å². The molecular formula is C23H16F7N5O3. The van der Waals surface area contributed by atoms with Crippen LogP contribution in [0.3, 0.4) is 0 Å². The number of nitrogens with one attached hydrogen (secondary N) is 3. The Kier molecular flexibility index (Phi) is 6.78. The number of alkyl halides is 6. The Morgan fingerprint density at radius 3 is 2.32 bits per heavy atom. The Labute approximate surface area is 208 Å². The molecule has 0 radical (unpaired) electrons. The third-order valence-electron chi connectivity index (χ3n) is 5.36. The maximum atomic E-state index is 13.9. The fourth-order valence-corrected chi connectivity index (χ4v) is 3.58. The third kappa shape index (κ3) is 5.26. The number of nitrogens with zero attached hydrogens (tertiary/aromatic N) is 2. The van der Waals surface area contributed by atoms with Crippen LogP contribution in [0.2, 0.25) is 0 Å². The summed E-state index contributed by atoms with van der Waals surface area (Å²) in [6.07, 6.45) is -9.16. The number of anilines is 2. The van der Waals surface area contributed by atoms with Crippen molar-refractivity contribution in [1.82, 2.24) is 14.6 Å². The fraction of sp³-hybridized carbons (Fsp3) is 0.174. The molecule has 0 bridgehead atoms. The molecule has 2 heterocycles. The first-order valence-electron chi connectivity index (χ1n) is 10.6. The Bertz CT molecular complexity index is 1500. The van der Waals surface area contributed by atoms with E-state index in [1.54, 1.807) is 0 Å². The summed E-state index contributed by atoms with van der Waals surface area (Å²) < 4.78 is 99.8. The number of halogens is 7. The number of ether oxygens (including phenoxy) is 1. The van der Waals surface area contributed by atoms with Gasteiger partial charge in [-0.1, -0.05) is 6.07 Å². The van der Waals surface area contributed by atoms with Crippen LogP contribution in [-0.2, 0) is 21.9 Å². The summed E-state index contributed by atoms with van der Waals surface area (Å²) in [6.45, 7) is -0.546. The maximum Gasteiger partial charge on any atom is 0.417 e. The number of aromatic amines is 1. The van der Waals surface area contributed by atoms with Gasteiger partial charge < -0.3 is 20.4 Å². The minimum absolute atomic E-state index is 0.0365. The summed E-state index contributed by atoms with van der Waals surface area (Å²) in [6, 6.07) is 5.79. The van der Waals surface area contributed by atoms with Gasteiger partial charge in [-0.25, -0.2) is 4.39 Å². The van der Waals surface area contributed by atoms with E-state index in [-0.39, 0.29) is 28.8 Å². The Morgan fingerprint density at radius 1 is 1.03 bits per heavy atom. The van der Waals surface area contributed by atoms with Gasteiger partial charge >= 0.3 is 18.3 Å². The van der Waals surface area contributed by atoms with E-state index >= 15 is 0 Å². The fourth-order valence-electron chi connectivity index (χ4n) is 3.58. The highest BCUT2D eigenvalue weighted by Gasteiger charge is 2.39. The zero-order valence-corrected chi connectivity index (χ0v) is 19.1. The second-order valence-electron chi connectivity index (χ2n) is 7.81. The summed E-state index contributed by atoms with van der Waals surface area (Å²) in [7, 11) is 1.07. The first kappa shape index (κ1) is 26.5. The molecule has 8 nitrogen and oxygen atoms in total. The lowest BCUT2D eigenvalue weighted by Crippen LogP contribution is -2.17. The molecule has 0 saturated carbocycles. The standard InChI is InChI=1S/C23H16F7N5O3/c1-38-17(36)10-31-20-18(14-7-2-11(22(25,26)27)8-16(14)23(28,29)30)34-19-15(9-32-35(19)20)21(37)33-13-5-3-12(24)4-6-13/h2-9,31,34H,10H2,1H3,(H,33,37). The molecular weight excluding hydrogens is 527 g/mol. The smallest absolute Gasteiger partial charge is 0.417 e. The average molecular weight is 543 g/mol. The molecule has 4 aromatic rings. The Hall–Kier alpha value is -4.56. The summed E-state index contributed by atoms with van der Waals surface area (Å²) in [5, 5.41) is 9.00. The first-order valence-corrected chi connectivity index (χ1v) is 10.6. The van der Waals surface area contributed by atoms with Crippen molar-refractivity contribution in [2.24, 2.45) is 0 Å². The van der Waals surface area contributed by atoms with Crippen LogP contribution < -0.4 is 10.6 Å². The van der Waals surface area contributed by atoms with Gasteiger partial charge in [0.1, 0.15) is 23.6 Å². The molecule has 0 aliphatic heterocycles. The number of H-pyrrole nitrogens is 1. The van der Waals surface area contributed by atoms with Crippen molar-refractivity contribution in [3.05, 3.63) is 71.2 Å². The summed E-state index contributed by atoms with van der Waals surface area (Å²) >= 11 is 0. The number of hydrogen-bond acceptors (Lipinski definition) is 5. The molecule has 0 atom stereocenters. The molecule has 0 fully saturated rings. The van der Waals surface area contributed by atoms with Crippen LogP contribution in [0.15, 0.2) is 48.7 Å². The van der Waals surface area contributed by atoms with Crippen molar-refractivity contribution in [3.63, 3.8) is 0 Å². The molecule has 38 heavy (non-hydrogen) atoms. The monoisotopic (exact) mass is 543 g/mol. The number of imidazole rings is 1. The summed E-state index contributed by atoms with van der Waals surface area (Å²) in [5.74, 6) is -2.39. The van der Waals surface area contributed by atoms with Crippen LogP contribution in [-0.4, -0.2) is 40.1 Å². The van der Waals surface area contributed by atoms with Crippen LogP contribution in [0.4, 0.5) is 42.2 Å². The van der Waals surface area contributed by atoms with E-state index in [1.807, 2.05) is 0 Å². The van der Waals surface area contributed by atoms with Gasteiger partial charge in [-0.05, 0) is 36.4 Å². The highest BCUT2D eigenvalue weighted by molar-refractivity contribution is 6.08. The number of aromatic nitrogens is 3. The zero-order valence-electron chi connectivity index (χ0n) is 19.1. The topological polar surface area (TPSA) is 101 Å². The van der Waals surface area contributed by atoms with Crippen LogP contribution in [0.25, 0.3) is 16.9 Å². The van der Waals surface area contributed by atoms with Crippen LogP contribution >= 0.6 is 0 Å². The number of fused-ring (bicyclic) bond motifs is 1. The number of benzene rings is 2. The highest BCUT2D eigenvalue weighted by Crippen LogP contribution is 2.42. The van der Waals surface area contributed by atoms with Crippen molar-refractivity contribution < 1.29 is 45.1 Å². The molecule has 4 rings (SSSR count). The molecule has 1 amide bonds. The average Bonchev–Trinajstić information content (AvgIpc) is 3.42. The van der Waals surface area contributed by atoms with E-state index in [1.165, 1.54) is 12.1 Å². The second kappa shape index (κ2) is 9.72. The summed E-state index contributed by atoms with van der Waals surface area (Å²) in [4.78, 5) is 27.1. The third-order valence-corrected chi connectivity index (χ3v) is 5.36. The van der Waals surface area contributed by atoms with Crippen molar-refractivity contribution in [2.45, 2.75) is 12.4 Å². The van der Waals surface area contributed by atoms with Gasteiger partial charge in [0.05, 0.1) is 30.1 Å². The predicted octanol–water partition coefficient (Wildman–Crippen LogP) is 5.34. The van der Waals surface area contributed by atoms with Gasteiger partial charge in [0.2, 0.25) is 0 Å². The molecule has 200 valence electrons. The minimum Gasteiger partial charge on any atom is -0.468 e. The van der Waals surface area contributed by atoms with Gasteiger partial charge in [0.25, 0.3) is 5.91 Å². The number of methoxy groups -OCH3 is 1. The maximum absolute atomic E-state index is 13.9. The van der Waals surface area contributed by atoms with E-state index in [0.717, 1.165) is 30.0 Å². The second-order valence-corrected chi connectivity index (χ2v) is 7.81. The number of carbonyl (C=O) groups excluding carboxylic acids is 2. The quantitative estimate of drug-likeness (QED) is 0.225. The summed E-state index contributed by atoms with van der Waals surface area (Å²) in [5.41, 5.74) is -4.33. The normalized spacial score (nSPS) is 12.0. The van der Waals surface area contributed by atoms with E-state index in [0.29, 0.717) is 12.1 Å². The lowest BCUT2D eigenvalue weighted by Gasteiger charge is -2.16. The van der Waals surface area contributed by atoms with Crippen molar-refractivity contribution in [2.75, 3.05) is 24.3 Å². The molecule has 0 spiro atoms. The van der Waals surface area contributed by atoms with E-state index < -0.39 is 59.0 Å². The highest BCUT2D eigenvalue weighted by atomic mass is 19.4. The molecule has 0 aliphatic rings. The van der Waals surface area contributed by atoms with Gasteiger partial charge in [-0.3, -0.25) is 9.59 Å². The number of amides is 1. The molecule has 0 unspecified atom stereocenters. The van der Waals surface area contributed by atoms with Crippen molar-refractivity contribution in [3.8, 4) is 11.3 Å². The predicted molar refractivity (Wildman–Crippen MR) is 120 cm³/mol. The molecule has 0 aliphatic carbocycles. The number of esters is 1. The molecule has 2 aromatic carbocycles. The van der Waals surface area contributed by atoms with E-state index in [4.69, 9.17) is 0 Å². The Balaban J connectivity index is 1.86. The minimum atomic E-state index is -5.20. The number of carbonyl (C=O) groups is 2. The van der Waals surface area contributed by atoms with E-state index in [2.05, 4.69) is 25.5 Å². The Morgan fingerprint density at radius 2 is 1.71 bits per heavy atom. The van der Waals surface area contributed by atoms with Gasteiger partial charge in [-0.15, -0.1) is 0 Å².